The first-order valence-corrected chi connectivity index (χ1v) is 12.5. The molecule has 31 heavy (non-hydrogen) atoms. The summed E-state index contributed by atoms with van der Waals surface area (Å²) in [6.45, 7) is 0.574. The van der Waals surface area contributed by atoms with E-state index in [2.05, 4.69) is 11.8 Å². The molecule has 0 saturated carbocycles. The molecule has 1 aromatic carbocycles. The second-order valence-corrected chi connectivity index (χ2v) is 8.29. The van der Waals surface area contributed by atoms with Crippen LogP contribution in [0.25, 0.3) is 0 Å². The lowest BCUT2D eigenvalue weighted by molar-refractivity contribution is -0.143. The van der Waals surface area contributed by atoms with Crippen LogP contribution in [0.2, 0.25) is 0 Å². The molecule has 1 rings (SSSR count). The predicted octanol–water partition coefficient (Wildman–Crippen LogP) is 7.41. The number of hydrogen-bond acceptors (Lipinski definition) is 3. The van der Waals surface area contributed by atoms with Crippen LogP contribution < -0.4 is 0 Å². The number of esters is 1. The highest BCUT2D eigenvalue weighted by molar-refractivity contribution is 5.69. The molecule has 0 heterocycles. The van der Waals surface area contributed by atoms with Gasteiger partial charge in [-0.1, -0.05) is 94.2 Å². The van der Waals surface area contributed by atoms with Gasteiger partial charge in [0.15, 0.2) is 0 Å². The fourth-order valence-electron chi connectivity index (χ4n) is 3.52. The number of carbonyl (C=O) groups is 2. The molecule has 172 valence electrons. The lowest BCUT2D eigenvalue weighted by Gasteiger charge is -2.05. The summed E-state index contributed by atoms with van der Waals surface area (Å²) in [7, 11) is 0. The Balaban J connectivity index is 1.78. The first-order chi connectivity index (χ1) is 15.3. The number of hydrogen-bond donors (Lipinski definition) is 0. The van der Waals surface area contributed by atoms with Crippen LogP contribution in [0.3, 0.4) is 0 Å². The van der Waals surface area contributed by atoms with Crippen molar-refractivity contribution in [1.29, 1.82) is 0 Å². The molecule has 3 heteroatoms. The molecule has 0 unspecified atom stereocenters. The van der Waals surface area contributed by atoms with Crippen molar-refractivity contribution in [3.63, 3.8) is 0 Å². The Morgan fingerprint density at radius 2 is 1.32 bits per heavy atom. The van der Waals surface area contributed by atoms with Crippen molar-refractivity contribution in [3.8, 4) is 11.8 Å². The second-order valence-electron chi connectivity index (χ2n) is 8.29. The Labute approximate surface area is 190 Å². The van der Waals surface area contributed by atoms with Gasteiger partial charge in [-0.05, 0) is 37.8 Å². The van der Waals surface area contributed by atoms with Gasteiger partial charge in [0.1, 0.15) is 6.29 Å². The minimum absolute atomic E-state index is 0.0393. The maximum atomic E-state index is 11.7. The summed E-state index contributed by atoms with van der Waals surface area (Å²) < 4.78 is 5.34. The van der Waals surface area contributed by atoms with Crippen LogP contribution in [-0.2, 0) is 14.3 Å². The van der Waals surface area contributed by atoms with Crippen molar-refractivity contribution >= 4 is 12.3 Å². The minimum Gasteiger partial charge on any atom is -0.466 e. The molecule has 0 radical (unpaired) electrons. The van der Waals surface area contributed by atoms with Crippen LogP contribution in [-0.4, -0.2) is 18.9 Å². The Bertz CT molecular complexity index is 612. The topological polar surface area (TPSA) is 43.4 Å². The van der Waals surface area contributed by atoms with E-state index in [0.717, 1.165) is 56.8 Å². The first-order valence-electron chi connectivity index (χ1n) is 12.5. The van der Waals surface area contributed by atoms with E-state index in [1.165, 1.54) is 51.4 Å². The summed E-state index contributed by atoms with van der Waals surface area (Å²) in [5.74, 6) is 6.42. The summed E-state index contributed by atoms with van der Waals surface area (Å²) in [5.41, 5.74) is 1.10. The van der Waals surface area contributed by atoms with Crippen molar-refractivity contribution in [1.82, 2.24) is 0 Å². The van der Waals surface area contributed by atoms with E-state index in [1.54, 1.807) is 0 Å². The molecule has 0 aliphatic rings. The first kappa shape index (κ1) is 27.0. The van der Waals surface area contributed by atoms with E-state index >= 15 is 0 Å². The molecule has 0 N–H and O–H groups in total. The molecule has 0 bridgehead atoms. The van der Waals surface area contributed by atoms with Crippen molar-refractivity contribution < 1.29 is 14.3 Å². The maximum Gasteiger partial charge on any atom is 0.305 e. The van der Waals surface area contributed by atoms with Crippen molar-refractivity contribution in [2.45, 2.75) is 109 Å². The van der Waals surface area contributed by atoms with Gasteiger partial charge in [-0.25, -0.2) is 0 Å². The molecule has 0 amide bonds. The molecular weight excluding hydrogens is 384 g/mol. The Hall–Kier alpha value is -2.08. The molecule has 0 aliphatic heterocycles. The van der Waals surface area contributed by atoms with E-state index in [4.69, 9.17) is 4.74 Å². The standard InChI is InChI=1S/C28H42O3/c29-25-19-12-8-4-3-7-11-18-24-28(30)31-26-20-13-9-5-1-2-6-10-15-21-27-22-16-14-17-23-27/h14,16-17,22-23,25H,1-13,18-20,24,26H2. The Kier molecular flexibility index (Phi) is 18.4. The fourth-order valence-corrected chi connectivity index (χ4v) is 3.52. The lowest BCUT2D eigenvalue weighted by Crippen LogP contribution is -2.05. The highest BCUT2D eigenvalue weighted by Crippen LogP contribution is 2.11. The molecule has 0 aromatic heterocycles. The van der Waals surface area contributed by atoms with Crippen molar-refractivity contribution in [2.75, 3.05) is 6.61 Å². The summed E-state index contributed by atoms with van der Waals surface area (Å²) in [6.07, 6.45) is 19.3. The van der Waals surface area contributed by atoms with Crippen LogP contribution in [0.4, 0.5) is 0 Å². The third-order valence-electron chi connectivity index (χ3n) is 5.42. The number of benzene rings is 1. The fraction of sp³-hybridized carbons (Fsp3) is 0.643. The third-order valence-corrected chi connectivity index (χ3v) is 5.42. The van der Waals surface area contributed by atoms with E-state index in [9.17, 15) is 9.59 Å². The Morgan fingerprint density at radius 3 is 2.00 bits per heavy atom. The summed E-state index contributed by atoms with van der Waals surface area (Å²) in [4.78, 5) is 22.0. The highest BCUT2D eigenvalue weighted by Gasteiger charge is 2.02. The smallest absolute Gasteiger partial charge is 0.305 e. The quantitative estimate of drug-likeness (QED) is 0.100. The molecule has 0 aliphatic carbocycles. The zero-order valence-corrected chi connectivity index (χ0v) is 19.4. The van der Waals surface area contributed by atoms with Crippen molar-refractivity contribution in [3.05, 3.63) is 35.9 Å². The number of unbranched alkanes of at least 4 members (excludes halogenated alkanes) is 14. The average molecular weight is 427 g/mol. The van der Waals surface area contributed by atoms with Crippen LogP contribution in [0.5, 0.6) is 0 Å². The van der Waals surface area contributed by atoms with Gasteiger partial charge in [-0.2, -0.15) is 0 Å². The van der Waals surface area contributed by atoms with E-state index in [-0.39, 0.29) is 5.97 Å². The summed E-state index contributed by atoms with van der Waals surface area (Å²) >= 11 is 0. The number of rotatable bonds is 19. The molecule has 0 atom stereocenters. The van der Waals surface area contributed by atoms with Gasteiger partial charge >= 0.3 is 5.97 Å². The number of carbonyl (C=O) groups excluding carboxylic acids is 2. The zero-order chi connectivity index (χ0) is 22.2. The monoisotopic (exact) mass is 426 g/mol. The summed E-state index contributed by atoms with van der Waals surface area (Å²) in [5, 5.41) is 0. The van der Waals surface area contributed by atoms with Crippen molar-refractivity contribution in [2.24, 2.45) is 0 Å². The predicted molar refractivity (Wildman–Crippen MR) is 129 cm³/mol. The van der Waals surface area contributed by atoms with E-state index in [0.29, 0.717) is 19.4 Å². The lowest BCUT2D eigenvalue weighted by atomic mass is 10.1. The van der Waals surface area contributed by atoms with Gasteiger partial charge in [0, 0.05) is 24.8 Å². The molecule has 0 spiro atoms. The highest BCUT2D eigenvalue weighted by atomic mass is 16.5. The molecular formula is C28H42O3. The zero-order valence-electron chi connectivity index (χ0n) is 19.4. The Morgan fingerprint density at radius 1 is 0.742 bits per heavy atom. The van der Waals surface area contributed by atoms with Crippen LogP contribution >= 0.6 is 0 Å². The van der Waals surface area contributed by atoms with Crippen LogP contribution in [0.1, 0.15) is 115 Å². The van der Waals surface area contributed by atoms with Gasteiger partial charge < -0.3 is 9.53 Å². The second kappa shape index (κ2) is 21.2. The third kappa shape index (κ3) is 18.4. The SMILES string of the molecule is O=CCCCCCCCCCC(=O)OCCCCCCCCCC#Cc1ccccc1. The molecule has 0 saturated heterocycles. The molecule has 3 nitrogen and oxygen atoms in total. The van der Waals surface area contributed by atoms with Gasteiger partial charge in [-0.3, -0.25) is 4.79 Å². The minimum atomic E-state index is -0.0393. The largest absolute Gasteiger partial charge is 0.466 e. The van der Waals surface area contributed by atoms with E-state index in [1.807, 2.05) is 30.3 Å². The average Bonchev–Trinajstić information content (AvgIpc) is 2.79. The van der Waals surface area contributed by atoms with Gasteiger partial charge in [0.2, 0.25) is 0 Å². The maximum absolute atomic E-state index is 11.7. The molecule has 0 fully saturated rings. The normalized spacial score (nSPS) is 10.3. The van der Waals surface area contributed by atoms with Gasteiger partial charge in [-0.15, -0.1) is 0 Å². The number of ether oxygens (including phenoxy) is 1. The van der Waals surface area contributed by atoms with Gasteiger partial charge in [0.25, 0.3) is 0 Å². The summed E-state index contributed by atoms with van der Waals surface area (Å²) in [6, 6.07) is 10.2. The van der Waals surface area contributed by atoms with Crippen LogP contribution in [0.15, 0.2) is 30.3 Å². The van der Waals surface area contributed by atoms with Gasteiger partial charge in [0.05, 0.1) is 6.61 Å². The van der Waals surface area contributed by atoms with E-state index < -0.39 is 0 Å². The number of aldehydes is 1. The molecule has 1 aromatic rings. The van der Waals surface area contributed by atoms with Crippen LogP contribution in [0, 0.1) is 11.8 Å².